The van der Waals surface area contributed by atoms with Crippen LogP contribution in [0.2, 0.25) is 10.0 Å². The van der Waals surface area contributed by atoms with E-state index in [4.69, 9.17) is 23.2 Å². The molecular formula is C20H12Al2Cl2N2O12S2. The van der Waals surface area contributed by atoms with Crippen molar-refractivity contribution in [2.24, 2.45) is 0 Å². The molecule has 0 saturated carbocycles. The summed E-state index contributed by atoms with van der Waals surface area (Å²) in [6, 6.07) is 6.96. The van der Waals surface area contributed by atoms with E-state index >= 15 is 0 Å². The molecule has 0 unspecified atom stereocenters. The predicted octanol–water partition coefficient (Wildman–Crippen LogP) is 1.32. The molecule has 40 heavy (non-hydrogen) atoms. The molecule has 0 bridgehead atoms. The van der Waals surface area contributed by atoms with Crippen molar-refractivity contribution in [1.29, 1.82) is 0 Å². The number of hydrogen-bond donors (Lipinski definition) is 2. The Labute approximate surface area is 254 Å². The minimum Gasteiger partial charge on any atom is -0.870 e. The maximum atomic E-state index is 13.2. The molecule has 0 atom stereocenters. The van der Waals surface area contributed by atoms with Crippen molar-refractivity contribution >= 4 is 122 Å². The van der Waals surface area contributed by atoms with Gasteiger partial charge in [0, 0.05) is 21.2 Å². The summed E-state index contributed by atoms with van der Waals surface area (Å²) >= 11 is 11.8. The van der Waals surface area contributed by atoms with Gasteiger partial charge in [0.2, 0.25) is 0 Å². The van der Waals surface area contributed by atoms with Crippen LogP contribution in [-0.4, -0.2) is 92.5 Å². The van der Waals surface area contributed by atoms with E-state index in [0.29, 0.717) is 0 Å². The number of benzene rings is 3. The summed E-state index contributed by atoms with van der Waals surface area (Å²) < 4.78 is 70.5. The Morgan fingerprint density at radius 2 is 1.18 bits per heavy atom. The average molecular weight is 661 g/mol. The molecule has 3 aromatic carbocycles. The fourth-order valence-electron chi connectivity index (χ4n) is 3.97. The van der Waals surface area contributed by atoms with Gasteiger partial charge in [0.15, 0.2) is 10.9 Å². The zero-order valence-electron chi connectivity index (χ0n) is 19.2. The second kappa shape index (κ2) is 13.3. The first-order valence-electron chi connectivity index (χ1n) is 9.16. The third-order valence-electron chi connectivity index (χ3n) is 5.34. The van der Waals surface area contributed by atoms with Crippen LogP contribution in [0.3, 0.4) is 0 Å². The third kappa shape index (κ3) is 6.36. The monoisotopic (exact) mass is 660 g/mol. The van der Waals surface area contributed by atoms with Crippen molar-refractivity contribution in [3.8, 4) is 0 Å². The molecular weight excluding hydrogens is 649 g/mol. The van der Waals surface area contributed by atoms with Crippen LogP contribution in [-0.2, 0) is 20.2 Å². The van der Waals surface area contributed by atoms with E-state index in [0.717, 1.165) is 12.1 Å². The molecule has 2 aromatic heterocycles. The van der Waals surface area contributed by atoms with Crippen molar-refractivity contribution in [3.05, 3.63) is 66.9 Å². The van der Waals surface area contributed by atoms with E-state index in [1.54, 1.807) is 0 Å². The smallest absolute Gasteiger partial charge is 0.870 e. The Morgan fingerprint density at radius 1 is 0.650 bits per heavy atom. The van der Waals surface area contributed by atoms with Crippen molar-refractivity contribution in [2.45, 2.75) is 9.79 Å². The molecule has 2 heterocycles. The van der Waals surface area contributed by atoms with Gasteiger partial charge in [-0.2, -0.15) is 0 Å². The molecule has 0 radical (unpaired) electrons. The third-order valence-corrected chi connectivity index (χ3v) is 7.77. The summed E-state index contributed by atoms with van der Waals surface area (Å²) in [6.45, 7) is 0. The van der Waals surface area contributed by atoms with Crippen LogP contribution < -0.4 is 10.9 Å². The van der Waals surface area contributed by atoms with Crippen LogP contribution >= 0.6 is 23.2 Å². The van der Waals surface area contributed by atoms with Gasteiger partial charge in [0.05, 0.1) is 42.3 Å². The first-order valence-corrected chi connectivity index (χ1v) is 12.7. The average Bonchev–Trinajstić information content (AvgIpc) is 2.71. The molecule has 0 aliphatic heterocycles. The van der Waals surface area contributed by atoms with E-state index in [-0.39, 0.29) is 99.9 Å². The first-order chi connectivity index (χ1) is 15.8. The SMILES string of the molecule is O=c1c2cc3[nH]c4cc(Cl)cc(S(=O)(=O)[O-])c4c(=O)c3cc2[nH]c2c(S(=O)(=O)[O-])c(Cl)ccc12.[Al+3].[Al+3].[OH-].[OH-].[OH-].[OH-]. The Balaban J connectivity index is 0. The molecule has 20 heteroatoms. The molecule has 5 rings (SSSR count). The number of fused-ring (bicyclic) bond motifs is 4. The number of aromatic amines is 2. The molecule has 0 spiro atoms. The summed E-state index contributed by atoms with van der Waals surface area (Å²) in [5.41, 5.74) is -1.78. The van der Waals surface area contributed by atoms with Crippen LogP contribution in [0.5, 0.6) is 0 Å². The summed E-state index contributed by atoms with van der Waals surface area (Å²) in [7, 11) is -10.2. The van der Waals surface area contributed by atoms with Crippen LogP contribution in [0.1, 0.15) is 0 Å². The maximum Gasteiger partial charge on any atom is 3.00 e. The summed E-state index contributed by atoms with van der Waals surface area (Å²) in [5, 5.41) is -1.15. The van der Waals surface area contributed by atoms with Gasteiger partial charge in [-0.15, -0.1) is 0 Å². The molecule has 206 valence electrons. The fourth-order valence-corrected chi connectivity index (χ4v) is 6.13. The van der Waals surface area contributed by atoms with E-state index < -0.39 is 51.3 Å². The first kappa shape index (κ1) is 40.0. The predicted molar refractivity (Wildman–Crippen MR) is 143 cm³/mol. The van der Waals surface area contributed by atoms with Crippen molar-refractivity contribution in [1.82, 2.24) is 9.97 Å². The number of nitrogens with one attached hydrogen (secondary N) is 2. The summed E-state index contributed by atoms with van der Waals surface area (Å²) in [4.78, 5) is 30.2. The van der Waals surface area contributed by atoms with Gasteiger partial charge >= 0.3 is 34.7 Å². The molecule has 0 saturated heterocycles. The van der Waals surface area contributed by atoms with Crippen molar-refractivity contribution < 1.29 is 47.8 Å². The molecule has 6 N–H and O–H groups in total. The quantitative estimate of drug-likeness (QED) is 0.154. The minimum absolute atomic E-state index is 0. The normalized spacial score (nSPS) is 10.9. The standard InChI is InChI=1S/C20H10Cl2N2O8S2.2Al.4H2O/c21-7-3-14-16(15(4-7)33(27,28)29)19(26)10-6-13-9(5-12(10)23-14)18(25)8-1-2-11(22)20(17(8)24-13)34(30,31)32;;;;;;/h1-6H,(H,23,26)(H,24,25)(H,27,28,29)(H,30,31,32);;;4*1H2/q;2*+3;;;;/p-6. The maximum absolute atomic E-state index is 13.2. The Kier molecular flexibility index (Phi) is 13.3. The number of rotatable bonds is 2. The number of H-pyrrole nitrogens is 2. The van der Waals surface area contributed by atoms with Crippen molar-refractivity contribution in [2.75, 3.05) is 0 Å². The van der Waals surface area contributed by atoms with Crippen LogP contribution in [0.4, 0.5) is 0 Å². The van der Waals surface area contributed by atoms with E-state index in [1.807, 2.05) is 0 Å². The second-order valence-corrected chi connectivity index (χ2v) is 10.9. The molecule has 5 aromatic rings. The topological polar surface area (TPSA) is 300 Å². The number of hydrogen-bond acceptors (Lipinski definition) is 12. The molecule has 0 fully saturated rings. The van der Waals surface area contributed by atoms with E-state index in [1.165, 1.54) is 24.3 Å². The van der Waals surface area contributed by atoms with Crippen LogP contribution in [0.15, 0.2) is 55.8 Å². The Hall–Kier alpha value is -2.10. The number of halogens is 2. The zero-order chi connectivity index (χ0) is 24.7. The molecule has 14 nitrogen and oxygen atoms in total. The van der Waals surface area contributed by atoms with Crippen molar-refractivity contribution in [3.63, 3.8) is 0 Å². The number of pyridine rings is 2. The van der Waals surface area contributed by atoms with Gasteiger partial charge in [-0.05, 0) is 36.4 Å². The van der Waals surface area contributed by atoms with Crippen LogP contribution in [0.25, 0.3) is 43.6 Å². The zero-order valence-corrected chi connectivity index (χ0v) is 24.7. The van der Waals surface area contributed by atoms with Crippen LogP contribution in [0, 0.1) is 0 Å². The summed E-state index contributed by atoms with van der Waals surface area (Å²) in [6.07, 6.45) is 0. The second-order valence-electron chi connectivity index (χ2n) is 7.39. The van der Waals surface area contributed by atoms with Gasteiger partial charge in [-0.3, -0.25) is 9.59 Å². The van der Waals surface area contributed by atoms with Gasteiger partial charge in [-0.25, -0.2) is 16.8 Å². The summed E-state index contributed by atoms with van der Waals surface area (Å²) in [5.74, 6) is 0. The Bertz CT molecular complexity index is 2100. The molecule has 0 aliphatic rings. The number of aromatic nitrogens is 2. The molecule has 0 amide bonds. The Morgan fingerprint density at radius 3 is 1.70 bits per heavy atom. The largest absolute Gasteiger partial charge is 3.00 e. The van der Waals surface area contributed by atoms with E-state index in [9.17, 15) is 35.5 Å². The van der Waals surface area contributed by atoms with Gasteiger partial charge in [-0.1, -0.05) is 23.2 Å². The fraction of sp³-hybridized carbons (Fsp3) is 0. The van der Waals surface area contributed by atoms with Gasteiger partial charge in [0.1, 0.15) is 20.2 Å². The minimum atomic E-state index is -5.08. The van der Waals surface area contributed by atoms with Gasteiger partial charge < -0.3 is 41.0 Å². The molecule has 0 aliphatic carbocycles. The van der Waals surface area contributed by atoms with Gasteiger partial charge in [0.25, 0.3) is 0 Å². The van der Waals surface area contributed by atoms with E-state index in [2.05, 4.69) is 9.97 Å².